The van der Waals surface area contributed by atoms with E-state index in [1.54, 1.807) is 0 Å². The summed E-state index contributed by atoms with van der Waals surface area (Å²) in [7, 11) is 0. The van der Waals surface area contributed by atoms with Crippen LogP contribution in [0.15, 0.2) is 24.3 Å². The smallest absolute Gasteiger partial charge is 0.306 e. The third-order valence-corrected chi connectivity index (χ3v) is 4.72. The molecule has 1 aromatic rings. The van der Waals surface area contributed by atoms with E-state index in [1.807, 2.05) is 31.2 Å². The Hall–Kier alpha value is -1.55. The van der Waals surface area contributed by atoms with Gasteiger partial charge in [0.15, 0.2) is 0 Å². The van der Waals surface area contributed by atoms with E-state index < -0.39 is 5.97 Å². The van der Waals surface area contributed by atoms with Gasteiger partial charge < -0.3 is 10.4 Å². The maximum Gasteiger partial charge on any atom is 0.306 e. The Balaban J connectivity index is 1.82. The molecule has 1 amide bonds. The van der Waals surface area contributed by atoms with Crippen LogP contribution in [0.3, 0.4) is 0 Å². The maximum atomic E-state index is 12.3. The van der Waals surface area contributed by atoms with Gasteiger partial charge in [-0.05, 0) is 43.7 Å². The van der Waals surface area contributed by atoms with Crippen molar-refractivity contribution in [3.05, 3.63) is 34.9 Å². The number of aliphatic carboxylic acids is 1. The van der Waals surface area contributed by atoms with Crippen LogP contribution in [0.2, 0.25) is 5.02 Å². The van der Waals surface area contributed by atoms with Gasteiger partial charge in [-0.1, -0.05) is 36.7 Å². The molecule has 1 aliphatic carbocycles. The van der Waals surface area contributed by atoms with Crippen LogP contribution in [0.1, 0.15) is 38.2 Å². The molecule has 120 valence electrons. The highest BCUT2D eigenvalue weighted by Crippen LogP contribution is 2.25. The maximum absolute atomic E-state index is 12.3. The first-order valence-electron chi connectivity index (χ1n) is 7.74. The largest absolute Gasteiger partial charge is 0.481 e. The van der Waals surface area contributed by atoms with Gasteiger partial charge in [-0.25, -0.2) is 0 Å². The van der Waals surface area contributed by atoms with Crippen LogP contribution >= 0.6 is 11.6 Å². The second-order valence-corrected chi connectivity index (χ2v) is 6.50. The number of halogens is 1. The fourth-order valence-electron chi connectivity index (χ4n) is 2.91. The second kappa shape index (κ2) is 7.63. The van der Waals surface area contributed by atoms with E-state index in [9.17, 15) is 9.59 Å². The van der Waals surface area contributed by atoms with E-state index in [0.717, 1.165) is 18.4 Å². The lowest BCUT2D eigenvalue weighted by Gasteiger charge is -2.28. The third kappa shape index (κ3) is 4.47. The van der Waals surface area contributed by atoms with Gasteiger partial charge >= 0.3 is 5.97 Å². The summed E-state index contributed by atoms with van der Waals surface area (Å²) in [5.74, 6) is -1.12. The molecular weight excluding hydrogens is 302 g/mol. The normalized spacial score (nSPS) is 22.8. The van der Waals surface area contributed by atoms with Crippen molar-refractivity contribution < 1.29 is 14.7 Å². The zero-order valence-electron chi connectivity index (χ0n) is 12.7. The van der Waals surface area contributed by atoms with Crippen LogP contribution in [-0.4, -0.2) is 23.0 Å². The van der Waals surface area contributed by atoms with Gasteiger partial charge in [0.25, 0.3) is 0 Å². The van der Waals surface area contributed by atoms with Gasteiger partial charge in [-0.2, -0.15) is 0 Å². The number of carbonyl (C=O) groups excluding carboxylic acids is 1. The first kappa shape index (κ1) is 16.8. The summed E-state index contributed by atoms with van der Waals surface area (Å²) in [6, 6.07) is 7.65. The molecule has 0 heterocycles. The highest BCUT2D eigenvalue weighted by Gasteiger charge is 2.27. The molecule has 2 N–H and O–H groups in total. The highest BCUT2D eigenvalue weighted by molar-refractivity contribution is 6.31. The van der Waals surface area contributed by atoms with Crippen molar-refractivity contribution in [1.82, 2.24) is 5.32 Å². The molecule has 5 heteroatoms. The number of hydrogen-bond acceptors (Lipinski definition) is 2. The van der Waals surface area contributed by atoms with E-state index >= 15 is 0 Å². The number of carbonyl (C=O) groups is 2. The van der Waals surface area contributed by atoms with Gasteiger partial charge in [0.1, 0.15) is 0 Å². The SMILES string of the molecule is CC(Cc1ccccc1Cl)C(=O)NC1CCC(C(=O)O)CC1. The first-order chi connectivity index (χ1) is 10.5. The molecular formula is C17H22ClNO3. The van der Waals surface area contributed by atoms with Gasteiger partial charge in [-0.3, -0.25) is 9.59 Å². The molecule has 0 aromatic heterocycles. The minimum atomic E-state index is -0.725. The molecule has 0 spiro atoms. The highest BCUT2D eigenvalue weighted by atomic mass is 35.5. The summed E-state index contributed by atoms with van der Waals surface area (Å²) in [5.41, 5.74) is 0.974. The number of hydrogen-bond donors (Lipinski definition) is 2. The fourth-order valence-corrected chi connectivity index (χ4v) is 3.13. The van der Waals surface area contributed by atoms with Gasteiger partial charge in [0.2, 0.25) is 5.91 Å². The van der Waals surface area contributed by atoms with Gasteiger partial charge in [0.05, 0.1) is 5.92 Å². The molecule has 1 saturated carbocycles. The van der Waals surface area contributed by atoms with Crippen LogP contribution in [0, 0.1) is 11.8 Å². The summed E-state index contributed by atoms with van der Waals surface area (Å²) in [5, 5.41) is 12.7. The van der Waals surface area contributed by atoms with Crippen LogP contribution in [0.5, 0.6) is 0 Å². The number of carboxylic acid groups (broad SMARTS) is 1. The molecule has 1 aliphatic rings. The standard InChI is InChI=1S/C17H22ClNO3/c1-11(10-13-4-2-3-5-15(13)18)16(20)19-14-8-6-12(7-9-14)17(21)22/h2-5,11-12,14H,6-10H2,1H3,(H,19,20)(H,21,22). The predicted molar refractivity (Wildman–Crippen MR) is 85.8 cm³/mol. The van der Waals surface area contributed by atoms with Crippen molar-refractivity contribution in [1.29, 1.82) is 0 Å². The number of nitrogens with one attached hydrogen (secondary N) is 1. The zero-order chi connectivity index (χ0) is 16.1. The summed E-state index contributed by atoms with van der Waals surface area (Å²) in [4.78, 5) is 23.2. The number of carboxylic acids is 1. The number of rotatable bonds is 5. The summed E-state index contributed by atoms with van der Waals surface area (Å²) in [6.07, 6.45) is 3.36. The van der Waals surface area contributed by atoms with E-state index in [-0.39, 0.29) is 23.8 Å². The Morgan fingerprint density at radius 3 is 2.50 bits per heavy atom. The zero-order valence-corrected chi connectivity index (χ0v) is 13.5. The number of benzene rings is 1. The second-order valence-electron chi connectivity index (χ2n) is 6.09. The van der Waals surface area contributed by atoms with E-state index in [2.05, 4.69) is 5.32 Å². The van der Waals surface area contributed by atoms with Crippen molar-refractivity contribution in [3.8, 4) is 0 Å². The average molecular weight is 324 g/mol. The van der Waals surface area contributed by atoms with Crippen molar-refractivity contribution in [2.24, 2.45) is 11.8 Å². The molecule has 1 atom stereocenters. The monoisotopic (exact) mass is 323 g/mol. The quantitative estimate of drug-likeness (QED) is 0.874. The van der Waals surface area contributed by atoms with Crippen molar-refractivity contribution in [3.63, 3.8) is 0 Å². The van der Waals surface area contributed by atoms with Crippen LogP contribution in [0.25, 0.3) is 0 Å². The fraction of sp³-hybridized carbons (Fsp3) is 0.529. The molecule has 1 fully saturated rings. The minimum absolute atomic E-state index is 0.0127. The average Bonchev–Trinajstić information content (AvgIpc) is 2.50. The molecule has 0 aliphatic heterocycles. The van der Waals surface area contributed by atoms with E-state index in [0.29, 0.717) is 24.3 Å². The first-order valence-corrected chi connectivity index (χ1v) is 8.11. The molecule has 0 radical (unpaired) electrons. The van der Waals surface area contributed by atoms with Gasteiger partial charge in [0, 0.05) is 17.0 Å². The Labute approximate surface area is 135 Å². The summed E-state index contributed by atoms with van der Waals surface area (Å²) in [6.45, 7) is 1.89. The summed E-state index contributed by atoms with van der Waals surface area (Å²) >= 11 is 6.12. The van der Waals surface area contributed by atoms with Crippen molar-refractivity contribution in [2.45, 2.75) is 45.1 Å². The molecule has 4 nitrogen and oxygen atoms in total. The molecule has 0 saturated heterocycles. The Morgan fingerprint density at radius 1 is 1.27 bits per heavy atom. The summed E-state index contributed by atoms with van der Waals surface area (Å²) < 4.78 is 0. The number of amides is 1. The molecule has 1 aromatic carbocycles. The Kier molecular flexibility index (Phi) is 5.83. The lowest BCUT2D eigenvalue weighted by Crippen LogP contribution is -2.41. The Bertz CT molecular complexity index is 538. The topological polar surface area (TPSA) is 66.4 Å². The molecule has 2 rings (SSSR count). The lowest BCUT2D eigenvalue weighted by molar-refractivity contribution is -0.142. The molecule has 1 unspecified atom stereocenters. The van der Waals surface area contributed by atoms with Crippen LogP contribution < -0.4 is 5.32 Å². The van der Waals surface area contributed by atoms with E-state index in [4.69, 9.17) is 16.7 Å². The van der Waals surface area contributed by atoms with E-state index in [1.165, 1.54) is 0 Å². The van der Waals surface area contributed by atoms with Gasteiger partial charge in [-0.15, -0.1) is 0 Å². The Morgan fingerprint density at radius 2 is 1.91 bits per heavy atom. The molecule has 0 bridgehead atoms. The lowest BCUT2D eigenvalue weighted by atomic mass is 9.86. The van der Waals surface area contributed by atoms with Crippen molar-refractivity contribution >= 4 is 23.5 Å². The van der Waals surface area contributed by atoms with Crippen LogP contribution in [0.4, 0.5) is 0 Å². The minimum Gasteiger partial charge on any atom is -0.481 e. The van der Waals surface area contributed by atoms with Crippen molar-refractivity contribution in [2.75, 3.05) is 0 Å². The third-order valence-electron chi connectivity index (χ3n) is 4.35. The van der Waals surface area contributed by atoms with Crippen LogP contribution in [-0.2, 0) is 16.0 Å². The molecule has 22 heavy (non-hydrogen) atoms. The predicted octanol–water partition coefficient (Wildman–Crippen LogP) is 3.28.